The van der Waals surface area contributed by atoms with Gasteiger partial charge in [-0.25, -0.2) is 23.4 Å². The zero-order chi connectivity index (χ0) is 30.2. The molecule has 0 radical (unpaired) electrons. The average molecular weight is 575 g/mol. The summed E-state index contributed by atoms with van der Waals surface area (Å²) in [6, 6.07) is 2.82. The number of nitrogens with zero attached hydrogens (tertiary/aromatic N) is 4. The first kappa shape index (κ1) is 27.5. The van der Waals surface area contributed by atoms with Gasteiger partial charge >= 0.3 is 12.1 Å². The Morgan fingerprint density at radius 1 is 1.12 bits per heavy atom. The third kappa shape index (κ3) is 4.40. The molecule has 2 aliphatic rings. The number of benzene rings is 1. The molecule has 0 unspecified atom stereocenters. The Balaban J connectivity index is 1.57. The molecule has 0 bridgehead atoms. The van der Waals surface area contributed by atoms with Crippen molar-refractivity contribution in [3.05, 3.63) is 80.7 Å². The number of fused-ring (bicyclic) bond motifs is 4. The first-order valence-corrected chi connectivity index (χ1v) is 13.5. The van der Waals surface area contributed by atoms with E-state index >= 15 is 8.78 Å². The van der Waals surface area contributed by atoms with Gasteiger partial charge in [0.05, 0.1) is 11.4 Å². The number of carboxylic acid groups (broad SMARTS) is 1. The molecule has 42 heavy (non-hydrogen) atoms. The number of carbonyl (C=O) groups excluding carboxylic acids is 1. The number of ether oxygens (including phenoxy) is 1. The lowest BCUT2D eigenvalue weighted by atomic mass is 9.91. The van der Waals surface area contributed by atoms with Crippen molar-refractivity contribution in [2.24, 2.45) is 0 Å². The summed E-state index contributed by atoms with van der Waals surface area (Å²) in [5, 5.41) is 9.44. The lowest BCUT2D eigenvalue weighted by molar-refractivity contribution is 0.0588. The number of rotatable bonds is 4. The van der Waals surface area contributed by atoms with Crippen LogP contribution in [-0.4, -0.2) is 44.2 Å². The lowest BCUT2D eigenvalue weighted by Crippen LogP contribution is -2.34. The normalized spacial score (nSPS) is 14.1. The van der Waals surface area contributed by atoms with Gasteiger partial charge in [-0.1, -0.05) is 0 Å². The largest absolute Gasteiger partial charge is 0.477 e. The Morgan fingerprint density at radius 3 is 2.48 bits per heavy atom. The van der Waals surface area contributed by atoms with Crippen molar-refractivity contribution in [3.63, 3.8) is 0 Å². The van der Waals surface area contributed by atoms with Crippen LogP contribution in [0.1, 0.15) is 72.3 Å². The van der Waals surface area contributed by atoms with Gasteiger partial charge in [-0.2, -0.15) is 0 Å². The molecule has 1 fully saturated rings. The Labute approximate surface area is 239 Å². The van der Waals surface area contributed by atoms with E-state index in [-0.39, 0.29) is 23.6 Å². The number of anilines is 1. The molecule has 6 rings (SSSR count). The van der Waals surface area contributed by atoms with Crippen LogP contribution < -0.4 is 10.5 Å². The molecule has 1 saturated carbocycles. The summed E-state index contributed by atoms with van der Waals surface area (Å²) in [6.45, 7) is 6.92. The minimum atomic E-state index is -1.39. The van der Waals surface area contributed by atoms with E-state index in [2.05, 4.69) is 9.97 Å². The average Bonchev–Trinajstić information content (AvgIpc) is 3.68. The third-order valence-electron chi connectivity index (χ3n) is 7.64. The van der Waals surface area contributed by atoms with E-state index in [0.29, 0.717) is 39.2 Å². The van der Waals surface area contributed by atoms with Crippen LogP contribution >= 0.6 is 0 Å². The highest BCUT2D eigenvalue weighted by Gasteiger charge is 2.38. The van der Waals surface area contributed by atoms with Gasteiger partial charge in [0.15, 0.2) is 11.6 Å². The second kappa shape index (κ2) is 9.43. The van der Waals surface area contributed by atoms with E-state index in [0.717, 1.165) is 30.7 Å². The van der Waals surface area contributed by atoms with Crippen LogP contribution in [0.15, 0.2) is 35.5 Å². The predicted octanol–water partition coefficient (Wildman–Crippen LogP) is 5.86. The van der Waals surface area contributed by atoms with E-state index in [1.54, 1.807) is 33.9 Å². The van der Waals surface area contributed by atoms with Crippen LogP contribution in [0.4, 0.5) is 19.3 Å². The number of carbonyl (C=O) groups is 2. The Bertz CT molecular complexity index is 1910. The molecule has 11 heteroatoms. The maximum atomic E-state index is 15.7. The number of halogens is 2. The number of hydrogen-bond donors (Lipinski definition) is 1. The number of carboxylic acids is 1. The first-order chi connectivity index (χ1) is 19.8. The predicted molar refractivity (Wildman–Crippen MR) is 151 cm³/mol. The number of aromatic nitrogens is 3. The molecule has 9 nitrogen and oxygen atoms in total. The van der Waals surface area contributed by atoms with Gasteiger partial charge in [0.1, 0.15) is 16.8 Å². The summed E-state index contributed by atoms with van der Waals surface area (Å²) in [6.07, 6.45) is 5.36. The minimum Gasteiger partial charge on any atom is -0.477 e. The first-order valence-electron chi connectivity index (χ1n) is 13.5. The van der Waals surface area contributed by atoms with Gasteiger partial charge in [0, 0.05) is 60.4 Å². The van der Waals surface area contributed by atoms with Crippen molar-refractivity contribution in [2.75, 3.05) is 11.9 Å². The molecule has 0 aliphatic heterocycles. The van der Waals surface area contributed by atoms with Crippen LogP contribution in [0.2, 0.25) is 0 Å². The van der Waals surface area contributed by atoms with Crippen LogP contribution in [0.3, 0.4) is 0 Å². The highest BCUT2D eigenvalue weighted by atomic mass is 19.2. The standard InChI is InChI=1S/C31H28F2N4O5/c1-14-8-16(13-37-27(14)35-12-19(28(37)38)29(39)40)18-11-34-21-9-17-22(36(5)30(41)42-31(2,3)4)10-20(32)26(33)24(17)25(21)23(18)15-6-7-15/h8,10-13,15H,6-7,9H2,1-5H3,(H,39,40). The molecule has 4 aromatic rings. The van der Waals surface area contributed by atoms with E-state index < -0.39 is 40.4 Å². The summed E-state index contributed by atoms with van der Waals surface area (Å²) in [4.78, 5) is 47.5. The van der Waals surface area contributed by atoms with Gasteiger partial charge in [-0.15, -0.1) is 0 Å². The number of aromatic carboxylic acids is 1. The fourth-order valence-electron chi connectivity index (χ4n) is 5.64. The van der Waals surface area contributed by atoms with E-state index in [9.17, 15) is 19.5 Å². The molecular formula is C31H28F2N4O5. The molecule has 1 N–H and O–H groups in total. The molecule has 0 saturated heterocycles. The van der Waals surface area contributed by atoms with Crippen molar-refractivity contribution in [1.29, 1.82) is 0 Å². The Morgan fingerprint density at radius 2 is 1.83 bits per heavy atom. The van der Waals surface area contributed by atoms with Gasteiger partial charge in [0.2, 0.25) is 0 Å². The molecule has 216 valence electrons. The van der Waals surface area contributed by atoms with E-state index in [4.69, 9.17) is 4.74 Å². The molecule has 3 heterocycles. The van der Waals surface area contributed by atoms with Gasteiger partial charge in [-0.05, 0) is 69.2 Å². The topological polar surface area (TPSA) is 114 Å². The number of pyridine rings is 2. The molecule has 1 aromatic carbocycles. The summed E-state index contributed by atoms with van der Waals surface area (Å²) in [5.41, 5.74) is 2.68. The summed E-state index contributed by atoms with van der Waals surface area (Å²) >= 11 is 0. The quantitative estimate of drug-likeness (QED) is 0.286. The second-order valence-electron chi connectivity index (χ2n) is 11.8. The zero-order valence-corrected chi connectivity index (χ0v) is 23.7. The fraction of sp³-hybridized carbons (Fsp3) is 0.323. The third-order valence-corrected chi connectivity index (χ3v) is 7.64. The minimum absolute atomic E-state index is 0.0496. The lowest BCUT2D eigenvalue weighted by Gasteiger charge is -2.26. The van der Waals surface area contributed by atoms with E-state index in [1.165, 1.54) is 22.5 Å². The van der Waals surface area contributed by atoms with Crippen molar-refractivity contribution < 1.29 is 28.2 Å². The van der Waals surface area contributed by atoms with Gasteiger partial charge in [-0.3, -0.25) is 19.1 Å². The van der Waals surface area contributed by atoms with Crippen molar-refractivity contribution >= 4 is 23.4 Å². The number of aryl methyl sites for hydroxylation is 1. The summed E-state index contributed by atoms with van der Waals surface area (Å²) < 4.78 is 37.5. The van der Waals surface area contributed by atoms with Gasteiger partial charge in [0.25, 0.3) is 5.56 Å². The molecule has 0 spiro atoms. The summed E-state index contributed by atoms with van der Waals surface area (Å²) in [5.74, 6) is -3.45. The molecule has 2 aliphatic carbocycles. The Hall–Kier alpha value is -4.67. The van der Waals surface area contributed by atoms with Crippen LogP contribution in [-0.2, 0) is 11.2 Å². The van der Waals surface area contributed by atoms with Crippen LogP contribution in [0, 0.1) is 18.6 Å². The SMILES string of the molecule is Cc1cc(-c2cnc3c(c2C2CC2)-c2c(F)c(F)cc(N(C)C(=O)OC(C)(C)C)c2C3)cn2c(=O)c(C(=O)O)cnc12. The van der Waals surface area contributed by atoms with E-state index in [1.807, 2.05) is 6.07 Å². The summed E-state index contributed by atoms with van der Waals surface area (Å²) in [7, 11) is 1.46. The number of amides is 1. The second-order valence-corrected chi connectivity index (χ2v) is 11.8. The molecule has 1 amide bonds. The molecular weight excluding hydrogens is 546 g/mol. The van der Waals surface area contributed by atoms with Crippen molar-refractivity contribution in [1.82, 2.24) is 14.4 Å². The van der Waals surface area contributed by atoms with Crippen molar-refractivity contribution in [3.8, 4) is 22.3 Å². The smallest absolute Gasteiger partial charge is 0.414 e. The maximum absolute atomic E-state index is 15.7. The Kier molecular flexibility index (Phi) is 6.18. The highest BCUT2D eigenvalue weighted by molar-refractivity contribution is 5.94. The van der Waals surface area contributed by atoms with Crippen LogP contribution in [0.5, 0.6) is 0 Å². The van der Waals surface area contributed by atoms with Crippen molar-refractivity contribution in [2.45, 2.75) is 58.5 Å². The maximum Gasteiger partial charge on any atom is 0.414 e. The zero-order valence-electron chi connectivity index (χ0n) is 23.7. The van der Waals surface area contributed by atoms with Gasteiger partial charge < -0.3 is 9.84 Å². The fourth-order valence-corrected chi connectivity index (χ4v) is 5.64. The number of hydrogen-bond acceptors (Lipinski definition) is 6. The molecule has 3 aromatic heterocycles. The highest BCUT2D eigenvalue weighted by Crippen LogP contribution is 2.54. The monoisotopic (exact) mass is 574 g/mol. The molecule has 0 atom stereocenters. The van der Waals surface area contributed by atoms with Crippen LogP contribution in [0.25, 0.3) is 27.9 Å².